The number of hydrogen-bond acceptors (Lipinski definition) is 5. The monoisotopic (exact) mass is 424 g/mol. The molecule has 0 radical (unpaired) electrons. The number of carbonyl (C=O) groups excluding carboxylic acids is 3. The molecule has 2 saturated heterocycles. The van der Waals surface area contributed by atoms with E-state index in [1.807, 2.05) is 18.2 Å². The Morgan fingerprint density at radius 3 is 2.61 bits per heavy atom. The van der Waals surface area contributed by atoms with E-state index in [9.17, 15) is 18.8 Å². The molecule has 0 saturated carbocycles. The molecule has 8 heteroatoms. The maximum atomic E-state index is 13.7. The Morgan fingerprint density at radius 2 is 1.90 bits per heavy atom. The number of urea groups is 1. The molecule has 0 aromatic heterocycles. The number of benzene rings is 2. The fourth-order valence-electron chi connectivity index (χ4n) is 5.26. The lowest BCUT2D eigenvalue weighted by Crippen LogP contribution is -2.51. The van der Waals surface area contributed by atoms with Crippen molar-refractivity contribution in [2.24, 2.45) is 11.8 Å². The van der Waals surface area contributed by atoms with E-state index in [-0.39, 0.29) is 18.9 Å². The van der Waals surface area contributed by atoms with Gasteiger partial charge in [0.1, 0.15) is 17.1 Å². The molecule has 3 heterocycles. The Morgan fingerprint density at radius 1 is 1.19 bits per heavy atom. The van der Waals surface area contributed by atoms with Gasteiger partial charge < -0.3 is 14.4 Å². The number of ether oxygens (including phenoxy) is 2. The number of anilines is 1. The second-order valence-corrected chi connectivity index (χ2v) is 8.10. The number of nitrogens with zero attached hydrogens (tertiary/aromatic N) is 2. The summed E-state index contributed by atoms with van der Waals surface area (Å²) in [5.41, 5.74) is -0.446. The number of imide groups is 1. The van der Waals surface area contributed by atoms with Crippen molar-refractivity contribution in [3.63, 3.8) is 0 Å². The van der Waals surface area contributed by atoms with E-state index >= 15 is 0 Å². The minimum Gasteiger partial charge on any atom is -0.493 e. The van der Waals surface area contributed by atoms with Crippen LogP contribution >= 0.6 is 0 Å². The Hall–Kier alpha value is -3.42. The molecule has 3 amide bonds. The second-order valence-electron chi connectivity index (χ2n) is 8.10. The summed E-state index contributed by atoms with van der Waals surface area (Å²) in [6.45, 7) is 3.65. The smallest absolute Gasteiger partial charge is 0.332 e. The maximum Gasteiger partial charge on any atom is 0.332 e. The van der Waals surface area contributed by atoms with Gasteiger partial charge in [0.2, 0.25) is 0 Å². The highest BCUT2D eigenvalue weighted by atomic mass is 19.1. The average Bonchev–Trinajstić information content (AvgIpc) is 3.14. The van der Waals surface area contributed by atoms with Crippen LogP contribution in [-0.2, 0) is 14.3 Å². The summed E-state index contributed by atoms with van der Waals surface area (Å²) in [7, 11) is 0. The van der Waals surface area contributed by atoms with Crippen LogP contribution in [0.15, 0.2) is 48.5 Å². The normalized spacial score (nSPS) is 28.7. The minimum absolute atomic E-state index is 0.157. The Balaban J connectivity index is 1.67. The van der Waals surface area contributed by atoms with Gasteiger partial charge in [-0.15, -0.1) is 0 Å². The zero-order valence-electron chi connectivity index (χ0n) is 17.1. The van der Waals surface area contributed by atoms with Gasteiger partial charge in [-0.05, 0) is 44.2 Å². The summed E-state index contributed by atoms with van der Waals surface area (Å²) in [5.74, 6) is -2.25. The van der Waals surface area contributed by atoms with Crippen molar-refractivity contribution in [2.75, 3.05) is 18.1 Å². The van der Waals surface area contributed by atoms with Crippen LogP contribution in [0.2, 0.25) is 0 Å². The number of esters is 1. The third kappa shape index (κ3) is 2.54. The fraction of sp³-hybridized carbons (Fsp3) is 0.348. The summed E-state index contributed by atoms with van der Waals surface area (Å²) in [4.78, 5) is 42.9. The number of rotatable bonds is 3. The number of carbonyl (C=O) groups is 3. The van der Waals surface area contributed by atoms with E-state index in [0.29, 0.717) is 5.75 Å². The zero-order chi connectivity index (χ0) is 21.9. The molecule has 0 spiro atoms. The molecule has 31 heavy (non-hydrogen) atoms. The molecule has 3 aliphatic heterocycles. The van der Waals surface area contributed by atoms with Crippen molar-refractivity contribution in [3.05, 3.63) is 59.9 Å². The van der Waals surface area contributed by atoms with Crippen LogP contribution in [-0.4, -0.2) is 41.6 Å². The summed E-state index contributed by atoms with van der Waals surface area (Å²) < 4.78 is 24.7. The highest BCUT2D eigenvalue weighted by Crippen LogP contribution is 2.58. The van der Waals surface area contributed by atoms with Crippen molar-refractivity contribution >= 4 is 23.6 Å². The topological polar surface area (TPSA) is 76.2 Å². The first-order chi connectivity index (χ1) is 14.9. The SMILES string of the molecule is CCOC(=O)[C@@H]1[C@H]2COc3ccccc3[C@H]2N2C(=O)N(c3ccc(F)cc3)C(=O)[C@]12C. The van der Waals surface area contributed by atoms with Gasteiger partial charge in [-0.3, -0.25) is 9.59 Å². The Labute approximate surface area is 178 Å². The van der Waals surface area contributed by atoms with Gasteiger partial charge in [-0.1, -0.05) is 18.2 Å². The third-order valence-corrected chi connectivity index (χ3v) is 6.55. The van der Waals surface area contributed by atoms with Gasteiger partial charge in [-0.2, -0.15) is 0 Å². The molecule has 160 valence electrons. The number of para-hydroxylation sites is 1. The van der Waals surface area contributed by atoms with Crippen LogP contribution in [0.5, 0.6) is 5.75 Å². The lowest BCUT2D eigenvalue weighted by molar-refractivity contribution is -0.154. The predicted molar refractivity (Wildman–Crippen MR) is 108 cm³/mol. The fourth-order valence-corrected chi connectivity index (χ4v) is 5.26. The average molecular weight is 424 g/mol. The Bertz CT molecular complexity index is 1090. The van der Waals surface area contributed by atoms with Crippen molar-refractivity contribution in [1.29, 1.82) is 0 Å². The molecule has 0 unspecified atom stereocenters. The van der Waals surface area contributed by atoms with E-state index in [1.165, 1.54) is 29.2 Å². The van der Waals surface area contributed by atoms with E-state index in [1.54, 1.807) is 19.9 Å². The van der Waals surface area contributed by atoms with E-state index in [0.717, 1.165) is 10.5 Å². The molecule has 2 aromatic carbocycles. The number of hydrogen-bond donors (Lipinski definition) is 0. The van der Waals surface area contributed by atoms with Crippen LogP contribution < -0.4 is 9.64 Å². The highest BCUT2D eigenvalue weighted by molar-refractivity contribution is 6.24. The summed E-state index contributed by atoms with van der Waals surface area (Å²) in [5, 5.41) is 0. The van der Waals surface area contributed by atoms with Crippen LogP contribution in [0, 0.1) is 17.7 Å². The molecule has 3 aliphatic rings. The summed E-state index contributed by atoms with van der Waals surface area (Å²) >= 11 is 0. The predicted octanol–water partition coefficient (Wildman–Crippen LogP) is 3.30. The van der Waals surface area contributed by atoms with Gasteiger partial charge >= 0.3 is 12.0 Å². The van der Waals surface area contributed by atoms with Gasteiger partial charge in [-0.25, -0.2) is 14.1 Å². The van der Waals surface area contributed by atoms with Gasteiger partial charge in [0.05, 0.1) is 30.9 Å². The molecule has 0 N–H and O–H groups in total. The molecular weight excluding hydrogens is 403 g/mol. The van der Waals surface area contributed by atoms with Crippen LogP contribution in [0.3, 0.4) is 0 Å². The second kappa shape index (κ2) is 6.80. The van der Waals surface area contributed by atoms with Gasteiger partial charge in [0, 0.05) is 11.5 Å². The molecule has 0 bridgehead atoms. The van der Waals surface area contributed by atoms with Gasteiger partial charge in [0.25, 0.3) is 5.91 Å². The number of fused-ring (bicyclic) bond motifs is 5. The van der Waals surface area contributed by atoms with Gasteiger partial charge in [0.15, 0.2) is 0 Å². The first-order valence-electron chi connectivity index (χ1n) is 10.2. The molecule has 5 rings (SSSR count). The van der Waals surface area contributed by atoms with E-state index < -0.39 is 47.1 Å². The summed E-state index contributed by atoms with van der Waals surface area (Å²) in [6, 6.07) is 11.4. The first-order valence-corrected chi connectivity index (χ1v) is 10.2. The lowest BCUT2D eigenvalue weighted by atomic mass is 9.77. The molecule has 2 aromatic rings. The van der Waals surface area contributed by atoms with E-state index in [4.69, 9.17) is 9.47 Å². The van der Waals surface area contributed by atoms with Crippen molar-refractivity contribution < 1.29 is 28.2 Å². The molecule has 4 atom stereocenters. The molecule has 7 nitrogen and oxygen atoms in total. The van der Waals surface area contributed by atoms with Crippen molar-refractivity contribution in [3.8, 4) is 5.75 Å². The largest absolute Gasteiger partial charge is 0.493 e. The van der Waals surface area contributed by atoms with Crippen molar-refractivity contribution in [1.82, 2.24) is 4.90 Å². The van der Waals surface area contributed by atoms with Crippen LogP contribution in [0.1, 0.15) is 25.5 Å². The molecule has 0 aliphatic carbocycles. The highest BCUT2D eigenvalue weighted by Gasteiger charge is 2.72. The standard InChI is InChI=1S/C23H21FN2O5/c1-3-30-20(27)18-16-12-31-17-7-5-4-6-15(17)19(16)26-22(29)25(21(28)23(18,26)2)14-10-8-13(24)9-11-14/h4-11,16,18-19H,3,12H2,1-2H3/t16-,18+,19-,23+/m1/s1. The quantitative estimate of drug-likeness (QED) is 0.558. The Kier molecular flexibility index (Phi) is 4.28. The van der Waals surface area contributed by atoms with Crippen molar-refractivity contribution in [2.45, 2.75) is 25.4 Å². The molecular formula is C23H21FN2O5. The maximum absolute atomic E-state index is 13.7. The van der Waals surface area contributed by atoms with Crippen LogP contribution in [0.4, 0.5) is 14.9 Å². The number of halogens is 1. The van der Waals surface area contributed by atoms with E-state index in [2.05, 4.69) is 0 Å². The first kappa shape index (κ1) is 19.5. The minimum atomic E-state index is -1.45. The molecule has 2 fully saturated rings. The number of amides is 3. The lowest BCUT2D eigenvalue weighted by Gasteiger charge is -2.34. The third-order valence-electron chi connectivity index (χ3n) is 6.55. The summed E-state index contributed by atoms with van der Waals surface area (Å²) in [6.07, 6.45) is 0. The zero-order valence-corrected chi connectivity index (χ0v) is 17.1. The van der Waals surface area contributed by atoms with Crippen LogP contribution in [0.25, 0.3) is 0 Å².